The Morgan fingerprint density at radius 2 is 1.75 bits per heavy atom. The van der Waals surface area contributed by atoms with E-state index >= 15 is 0 Å². The Bertz CT molecular complexity index is 444. The summed E-state index contributed by atoms with van der Waals surface area (Å²) in [6.07, 6.45) is 3.61. The molecule has 1 saturated heterocycles. The standard InChI is InChI=1S/C13H24N6O/c1-13(2,9-20)18-11-15-10(14-3)16-12(17-11)19-7-5-4-6-8-19/h20H,4-9H2,1-3H3,(H2,14,15,16,17,18). The van der Waals surface area contributed by atoms with Crippen LogP contribution in [0.5, 0.6) is 0 Å². The van der Waals surface area contributed by atoms with Crippen molar-refractivity contribution in [2.45, 2.75) is 38.6 Å². The molecule has 20 heavy (non-hydrogen) atoms. The number of hydrogen-bond acceptors (Lipinski definition) is 7. The van der Waals surface area contributed by atoms with E-state index in [9.17, 15) is 5.11 Å². The summed E-state index contributed by atoms with van der Waals surface area (Å²) in [4.78, 5) is 15.4. The molecular weight excluding hydrogens is 256 g/mol. The molecule has 0 spiro atoms. The van der Waals surface area contributed by atoms with E-state index in [0.717, 1.165) is 13.1 Å². The topological polar surface area (TPSA) is 86.2 Å². The zero-order chi connectivity index (χ0) is 14.6. The van der Waals surface area contributed by atoms with Gasteiger partial charge in [0.25, 0.3) is 0 Å². The average molecular weight is 280 g/mol. The van der Waals surface area contributed by atoms with Gasteiger partial charge in [0.1, 0.15) is 0 Å². The first-order chi connectivity index (χ1) is 9.54. The summed E-state index contributed by atoms with van der Waals surface area (Å²) >= 11 is 0. The molecule has 3 N–H and O–H groups in total. The maximum Gasteiger partial charge on any atom is 0.231 e. The lowest BCUT2D eigenvalue weighted by molar-refractivity contribution is 0.233. The van der Waals surface area contributed by atoms with Gasteiger partial charge in [0.2, 0.25) is 17.8 Å². The molecule has 2 heterocycles. The molecule has 0 atom stereocenters. The van der Waals surface area contributed by atoms with Crippen LogP contribution in [0, 0.1) is 0 Å². The Morgan fingerprint density at radius 1 is 1.10 bits per heavy atom. The first kappa shape index (κ1) is 14.8. The van der Waals surface area contributed by atoms with Crippen molar-refractivity contribution in [3.8, 4) is 0 Å². The van der Waals surface area contributed by atoms with Crippen LogP contribution in [0.2, 0.25) is 0 Å². The molecule has 7 nitrogen and oxygen atoms in total. The highest BCUT2D eigenvalue weighted by atomic mass is 16.3. The van der Waals surface area contributed by atoms with Crippen molar-refractivity contribution in [1.82, 2.24) is 15.0 Å². The SMILES string of the molecule is CNc1nc(NC(C)(C)CO)nc(N2CCCCC2)n1. The summed E-state index contributed by atoms with van der Waals surface area (Å²) in [6, 6.07) is 0. The third kappa shape index (κ3) is 3.69. The molecule has 0 unspecified atom stereocenters. The molecule has 2 rings (SSSR count). The van der Waals surface area contributed by atoms with Gasteiger partial charge in [0.05, 0.1) is 12.1 Å². The van der Waals surface area contributed by atoms with Gasteiger partial charge in [-0.2, -0.15) is 15.0 Å². The lowest BCUT2D eigenvalue weighted by Gasteiger charge is -2.28. The maximum atomic E-state index is 9.34. The zero-order valence-corrected chi connectivity index (χ0v) is 12.5. The number of nitrogens with zero attached hydrogens (tertiary/aromatic N) is 4. The quantitative estimate of drug-likeness (QED) is 0.744. The van der Waals surface area contributed by atoms with Gasteiger partial charge in [-0.05, 0) is 33.1 Å². The highest BCUT2D eigenvalue weighted by Gasteiger charge is 2.20. The van der Waals surface area contributed by atoms with E-state index in [1.807, 2.05) is 13.8 Å². The minimum Gasteiger partial charge on any atom is -0.394 e. The zero-order valence-electron chi connectivity index (χ0n) is 12.5. The number of aliphatic hydroxyl groups is 1. The molecule has 7 heteroatoms. The Balaban J connectivity index is 2.23. The third-order valence-corrected chi connectivity index (χ3v) is 3.33. The molecule has 1 aromatic rings. The average Bonchev–Trinajstić information content (AvgIpc) is 2.47. The molecule has 0 radical (unpaired) electrons. The molecule has 112 valence electrons. The van der Waals surface area contributed by atoms with Crippen LogP contribution in [0.15, 0.2) is 0 Å². The number of nitrogens with one attached hydrogen (secondary N) is 2. The molecule has 1 fully saturated rings. The number of rotatable bonds is 5. The number of aliphatic hydroxyl groups excluding tert-OH is 1. The van der Waals surface area contributed by atoms with Gasteiger partial charge in [-0.15, -0.1) is 0 Å². The fourth-order valence-electron chi connectivity index (χ4n) is 2.11. The van der Waals surface area contributed by atoms with Gasteiger partial charge in [-0.1, -0.05) is 0 Å². The Morgan fingerprint density at radius 3 is 2.35 bits per heavy atom. The highest BCUT2D eigenvalue weighted by molar-refractivity contribution is 5.44. The fraction of sp³-hybridized carbons (Fsp3) is 0.769. The predicted octanol–water partition coefficient (Wildman–Crippen LogP) is 1.09. The summed E-state index contributed by atoms with van der Waals surface area (Å²) in [5.41, 5.74) is -0.467. The van der Waals surface area contributed by atoms with E-state index in [-0.39, 0.29) is 6.61 Å². The second-order valence-corrected chi connectivity index (χ2v) is 5.75. The summed E-state index contributed by atoms with van der Waals surface area (Å²) in [5.74, 6) is 1.72. The Hall–Kier alpha value is -1.63. The number of anilines is 3. The molecule has 0 saturated carbocycles. The van der Waals surface area contributed by atoms with Gasteiger partial charge in [-0.3, -0.25) is 0 Å². The number of hydrogen-bond donors (Lipinski definition) is 3. The molecule has 0 aliphatic carbocycles. The summed E-state index contributed by atoms with van der Waals surface area (Å²) in [6.45, 7) is 5.77. The second-order valence-electron chi connectivity index (χ2n) is 5.75. The van der Waals surface area contributed by atoms with Crippen molar-refractivity contribution >= 4 is 17.8 Å². The lowest BCUT2D eigenvalue weighted by atomic mass is 10.1. The van der Waals surface area contributed by atoms with Crippen molar-refractivity contribution in [3.05, 3.63) is 0 Å². The van der Waals surface area contributed by atoms with Crippen LogP contribution in [0.1, 0.15) is 33.1 Å². The third-order valence-electron chi connectivity index (χ3n) is 3.33. The van der Waals surface area contributed by atoms with Crippen LogP contribution in [0.3, 0.4) is 0 Å². The second kappa shape index (κ2) is 6.21. The first-order valence-corrected chi connectivity index (χ1v) is 7.12. The Labute approximate surface area is 119 Å². The van der Waals surface area contributed by atoms with E-state index in [1.54, 1.807) is 7.05 Å². The van der Waals surface area contributed by atoms with Crippen LogP contribution in [0.25, 0.3) is 0 Å². The number of aromatic nitrogens is 3. The molecule has 0 bridgehead atoms. The molecule has 1 aromatic heterocycles. The largest absolute Gasteiger partial charge is 0.394 e. The van der Waals surface area contributed by atoms with Gasteiger partial charge in [0.15, 0.2) is 0 Å². The van der Waals surface area contributed by atoms with E-state index < -0.39 is 5.54 Å². The molecular formula is C13H24N6O. The van der Waals surface area contributed by atoms with Crippen molar-refractivity contribution in [2.24, 2.45) is 0 Å². The predicted molar refractivity (Wildman–Crippen MR) is 80.2 cm³/mol. The fourth-order valence-corrected chi connectivity index (χ4v) is 2.11. The normalized spacial score (nSPS) is 16.1. The summed E-state index contributed by atoms with van der Waals surface area (Å²) < 4.78 is 0. The molecule has 0 aromatic carbocycles. The van der Waals surface area contributed by atoms with Gasteiger partial charge < -0.3 is 20.6 Å². The minimum atomic E-state index is -0.467. The van der Waals surface area contributed by atoms with Crippen LogP contribution >= 0.6 is 0 Å². The van der Waals surface area contributed by atoms with E-state index in [0.29, 0.717) is 17.8 Å². The van der Waals surface area contributed by atoms with Crippen LogP contribution in [0.4, 0.5) is 17.8 Å². The maximum absolute atomic E-state index is 9.34. The molecule has 1 aliphatic rings. The molecule has 1 aliphatic heterocycles. The lowest BCUT2D eigenvalue weighted by Crippen LogP contribution is -2.36. The monoisotopic (exact) mass is 280 g/mol. The van der Waals surface area contributed by atoms with Crippen LogP contribution in [-0.4, -0.2) is 52.3 Å². The molecule has 0 amide bonds. The number of piperidine rings is 1. The summed E-state index contributed by atoms with van der Waals surface area (Å²) in [7, 11) is 1.79. The van der Waals surface area contributed by atoms with Crippen molar-refractivity contribution in [1.29, 1.82) is 0 Å². The van der Waals surface area contributed by atoms with Crippen molar-refractivity contribution in [2.75, 3.05) is 42.3 Å². The van der Waals surface area contributed by atoms with Gasteiger partial charge in [0, 0.05) is 20.1 Å². The van der Waals surface area contributed by atoms with Crippen molar-refractivity contribution in [3.63, 3.8) is 0 Å². The van der Waals surface area contributed by atoms with Crippen LogP contribution < -0.4 is 15.5 Å². The van der Waals surface area contributed by atoms with Crippen LogP contribution in [-0.2, 0) is 0 Å². The first-order valence-electron chi connectivity index (χ1n) is 7.12. The Kier molecular flexibility index (Phi) is 4.59. The van der Waals surface area contributed by atoms with Gasteiger partial charge in [-0.25, -0.2) is 0 Å². The smallest absolute Gasteiger partial charge is 0.231 e. The van der Waals surface area contributed by atoms with Crippen molar-refractivity contribution < 1.29 is 5.11 Å². The highest BCUT2D eigenvalue weighted by Crippen LogP contribution is 2.19. The van der Waals surface area contributed by atoms with E-state index in [4.69, 9.17) is 0 Å². The summed E-state index contributed by atoms with van der Waals surface area (Å²) in [5, 5.41) is 15.4. The minimum absolute atomic E-state index is 0.00656. The van der Waals surface area contributed by atoms with E-state index in [1.165, 1.54) is 19.3 Å². The van der Waals surface area contributed by atoms with E-state index in [2.05, 4.69) is 30.5 Å². The van der Waals surface area contributed by atoms with Gasteiger partial charge >= 0.3 is 0 Å².